The van der Waals surface area contributed by atoms with Crippen LogP contribution in [0.25, 0.3) is 11.0 Å². The van der Waals surface area contributed by atoms with E-state index in [-0.39, 0.29) is 35.9 Å². The van der Waals surface area contributed by atoms with Crippen LogP contribution in [-0.4, -0.2) is 55.8 Å². The summed E-state index contributed by atoms with van der Waals surface area (Å²) < 4.78 is 16.2. The number of rotatable bonds is 6. The Morgan fingerprint density at radius 1 is 1.42 bits per heavy atom. The Morgan fingerprint density at radius 2 is 2.26 bits per heavy atom. The molecule has 3 heterocycles. The molecule has 4 N–H and O–H groups in total. The number of aliphatic hydroxyl groups is 1. The minimum Gasteiger partial charge on any atom is -0.395 e. The summed E-state index contributed by atoms with van der Waals surface area (Å²) in [5.41, 5.74) is 7.41. The number of fused-ring (bicyclic) bond motifs is 1. The van der Waals surface area contributed by atoms with Crippen molar-refractivity contribution in [2.45, 2.75) is 31.8 Å². The van der Waals surface area contributed by atoms with Gasteiger partial charge in [-0.2, -0.15) is 5.26 Å². The summed E-state index contributed by atoms with van der Waals surface area (Å²) in [5, 5.41) is 22.0. The van der Waals surface area contributed by atoms with Crippen LogP contribution in [0.1, 0.15) is 43.2 Å². The van der Waals surface area contributed by atoms with Crippen molar-refractivity contribution in [1.29, 1.82) is 5.26 Å². The van der Waals surface area contributed by atoms with Gasteiger partial charge in [-0.1, -0.05) is 0 Å². The minimum atomic E-state index is -0.329. The van der Waals surface area contributed by atoms with Crippen LogP contribution in [0.2, 0.25) is 0 Å². The quantitative estimate of drug-likeness (QED) is 0.549. The Kier molecular flexibility index (Phi) is 5.97. The number of nitrogens with zero attached hydrogens (tertiary/aromatic N) is 6. The molecular weight excluding hydrogens is 399 g/mol. The molecule has 1 saturated heterocycles. The molecule has 4 rings (SSSR count). The SMILES string of the molecule is C[C@H](Nc1ncnc(N)c1C#N)c1nc2ccc(F)cc2n1C1CCCN(CCO)C1. The Labute approximate surface area is 179 Å². The maximum atomic E-state index is 14.1. The lowest BCUT2D eigenvalue weighted by Crippen LogP contribution is -2.38. The fourth-order valence-electron chi connectivity index (χ4n) is 4.25. The number of β-amino-alcohol motifs (C(OH)–C–C–N with tert-alkyl or cyclic N) is 1. The molecule has 1 aliphatic heterocycles. The summed E-state index contributed by atoms with van der Waals surface area (Å²) in [5.74, 6) is 0.837. The average Bonchev–Trinajstić information content (AvgIpc) is 3.13. The van der Waals surface area contributed by atoms with Gasteiger partial charge in [0.1, 0.15) is 41.2 Å². The maximum Gasteiger partial charge on any atom is 0.150 e. The zero-order valence-corrected chi connectivity index (χ0v) is 17.3. The highest BCUT2D eigenvalue weighted by molar-refractivity contribution is 5.76. The predicted molar refractivity (Wildman–Crippen MR) is 115 cm³/mol. The van der Waals surface area contributed by atoms with Gasteiger partial charge in [0.15, 0.2) is 0 Å². The number of nitriles is 1. The third-order valence-corrected chi connectivity index (χ3v) is 5.67. The van der Waals surface area contributed by atoms with Crippen LogP contribution in [0, 0.1) is 17.1 Å². The average molecular weight is 424 g/mol. The van der Waals surface area contributed by atoms with Gasteiger partial charge in [0, 0.05) is 19.1 Å². The molecule has 0 radical (unpaired) electrons. The van der Waals surface area contributed by atoms with E-state index in [0.717, 1.165) is 37.3 Å². The third kappa shape index (κ3) is 4.15. The lowest BCUT2D eigenvalue weighted by atomic mass is 10.0. The van der Waals surface area contributed by atoms with E-state index in [2.05, 4.69) is 24.8 Å². The van der Waals surface area contributed by atoms with Crippen LogP contribution in [0.15, 0.2) is 24.5 Å². The van der Waals surface area contributed by atoms with E-state index < -0.39 is 0 Å². The molecule has 31 heavy (non-hydrogen) atoms. The van der Waals surface area contributed by atoms with Gasteiger partial charge in [-0.15, -0.1) is 0 Å². The van der Waals surface area contributed by atoms with Crippen LogP contribution in [-0.2, 0) is 0 Å². The van der Waals surface area contributed by atoms with Crippen molar-refractivity contribution in [1.82, 2.24) is 24.4 Å². The summed E-state index contributed by atoms with van der Waals surface area (Å²) in [7, 11) is 0. The van der Waals surface area contributed by atoms with Gasteiger partial charge < -0.3 is 20.7 Å². The Bertz CT molecular complexity index is 1120. The van der Waals surface area contributed by atoms with Gasteiger partial charge in [-0.3, -0.25) is 4.90 Å². The number of likely N-dealkylation sites (tertiary alicyclic amines) is 1. The molecule has 162 valence electrons. The van der Waals surface area contributed by atoms with E-state index in [1.807, 2.05) is 13.0 Å². The van der Waals surface area contributed by atoms with Crippen molar-refractivity contribution in [2.75, 3.05) is 37.3 Å². The number of halogens is 1. The maximum absolute atomic E-state index is 14.1. The number of nitrogens with one attached hydrogen (secondary N) is 1. The van der Waals surface area contributed by atoms with Gasteiger partial charge in [0.05, 0.1) is 23.7 Å². The second-order valence-corrected chi connectivity index (χ2v) is 7.75. The van der Waals surface area contributed by atoms with Crippen molar-refractivity contribution in [3.63, 3.8) is 0 Å². The van der Waals surface area contributed by atoms with Crippen LogP contribution < -0.4 is 11.1 Å². The Morgan fingerprint density at radius 3 is 3.03 bits per heavy atom. The molecular formula is C21H25FN8O. The molecule has 0 spiro atoms. The van der Waals surface area contributed by atoms with Gasteiger partial charge in [0.2, 0.25) is 0 Å². The molecule has 3 aromatic rings. The molecule has 0 amide bonds. The first-order valence-electron chi connectivity index (χ1n) is 10.3. The number of benzene rings is 1. The largest absolute Gasteiger partial charge is 0.395 e. The Hall–Kier alpha value is -3.29. The van der Waals surface area contributed by atoms with Crippen LogP contribution >= 0.6 is 0 Å². The number of aliphatic hydroxyl groups excluding tert-OH is 1. The summed E-state index contributed by atoms with van der Waals surface area (Å²) in [4.78, 5) is 15.0. The number of anilines is 2. The summed E-state index contributed by atoms with van der Waals surface area (Å²) in [6.07, 6.45) is 3.20. The highest BCUT2D eigenvalue weighted by atomic mass is 19.1. The zero-order chi connectivity index (χ0) is 22.0. The number of piperidine rings is 1. The first-order valence-corrected chi connectivity index (χ1v) is 10.3. The first-order chi connectivity index (χ1) is 15.0. The van der Waals surface area contributed by atoms with Gasteiger partial charge in [0.25, 0.3) is 0 Å². The second kappa shape index (κ2) is 8.83. The van der Waals surface area contributed by atoms with Crippen molar-refractivity contribution in [3.8, 4) is 6.07 Å². The minimum absolute atomic E-state index is 0.0808. The molecule has 1 aromatic carbocycles. The molecule has 10 heteroatoms. The van der Waals surface area contributed by atoms with Crippen molar-refractivity contribution < 1.29 is 9.50 Å². The number of imidazole rings is 1. The summed E-state index contributed by atoms with van der Waals surface area (Å²) in [6, 6.07) is 6.37. The van der Waals surface area contributed by atoms with E-state index in [9.17, 15) is 14.8 Å². The van der Waals surface area contributed by atoms with Crippen molar-refractivity contribution in [3.05, 3.63) is 41.7 Å². The molecule has 9 nitrogen and oxygen atoms in total. The lowest BCUT2D eigenvalue weighted by molar-refractivity contribution is 0.142. The molecule has 0 bridgehead atoms. The van der Waals surface area contributed by atoms with E-state index in [1.54, 1.807) is 6.07 Å². The van der Waals surface area contributed by atoms with Gasteiger partial charge in [-0.05, 0) is 44.5 Å². The molecule has 0 aliphatic carbocycles. The van der Waals surface area contributed by atoms with Crippen LogP contribution in [0.4, 0.5) is 16.0 Å². The van der Waals surface area contributed by atoms with E-state index in [0.29, 0.717) is 17.9 Å². The lowest BCUT2D eigenvalue weighted by Gasteiger charge is -2.34. The smallest absolute Gasteiger partial charge is 0.150 e. The number of nitrogens with two attached hydrogens (primary N) is 1. The number of hydrogen-bond acceptors (Lipinski definition) is 8. The molecule has 1 aliphatic rings. The van der Waals surface area contributed by atoms with E-state index in [1.165, 1.54) is 18.5 Å². The molecule has 2 atom stereocenters. The molecule has 1 fully saturated rings. The normalized spacial score (nSPS) is 18.1. The molecule has 1 unspecified atom stereocenters. The van der Waals surface area contributed by atoms with Crippen molar-refractivity contribution in [2.24, 2.45) is 0 Å². The third-order valence-electron chi connectivity index (χ3n) is 5.67. The zero-order valence-electron chi connectivity index (χ0n) is 17.3. The number of aromatic nitrogens is 4. The Balaban J connectivity index is 1.75. The van der Waals surface area contributed by atoms with Crippen LogP contribution in [0.5, 0.6) is 0 Å². The van der Waals surface area contributed by atoms with Crippen molar-refractivity contribution >= 4 is 22.7 Å². The molecule has 2 aromatic heterocycles. The number of hydrogen-bond donors (Lipinski definition) is 3. The van der Waals surface area contributed by atoms with E-state index >= 15 is 0 Å². The van der Waals surface area contributed by atoms with Gasteiger partial charge >= 0.3 is 0 Å². The fraction of sp³-hybridized carbons (Fsp3) is 0.429. The standard InChI is InChI=1S/C21H25FN8O/c1-13(27-20-16(10-23)19(24)25-12-26-20)21-28-17-5-4-14(22)9-18(17)30(21)15-3-2-6-29(11-15)7-8-31/h4-5,9,12-13,15,31H,2-3,6-8,11H2,1H3,(H3,24,25,26,27)/t13-,15?/m0/s1. The summed E-state index contributed by atoms with van der Waals surface area (Å²) in [6.45, 7) is 4.29. The highest BCUT2D eigenvalue weighted by Gasteiger charge is 2.27. The van der Waals surface area contributed by atoms with E-state index in [4.69, 9.17) is 10.7 Å². The highest BCUT2D eigenvalue weighted by Crippen LogP contribution is 2.32. The summed E-state index contributed by atoms with van der Waals surface area (Å²) >= 11 is 0. The fourth-order valence-corrected chi connectivity index (χ4v) is 4.25. The first kappa shape index (κ1) is 21.0. The number of nitrogen functional groups attached to an aromatic ring is 1. The molecule has 0 saturated carbocycles. The van der Waals surface area contributed by atoms with Gasteiger partial charge in [-0.25, -0.2) is 19.3 Å². The topological polar surface area (TPSA) is 129 Å². The predicted octanol–water partition coefficient (Wildman–Crippen LogP) is 2.22. The monoisotopic (exact) mass is 424 g/mol. The second-order valence-electron chi connectivity index (χ2n) is 7.75. The van der Waals surface area contributed by atoms with Crippen LogP contribution in [0.3, 0.4) is 0 Å².